The molecule has 2 aliphatic carbocycles. The fourth-order valence-electron chi connectivity index (χ4n) is 4.55. The van der Waals surface area contributed by atoms with E-state index in [0.29, 0.717) is 25.6 Å². The van der Waals surface area contributed by atoms with E-state index in [1.807, 2.05) is 0 Å². The van der Waals surface area contributed by atoms with Crippen LogP contribution in [0.3, 0.4) is 0 Å². The molecule has 1 spiro atoms. The molecule has 5 nitrogen and oxygen atoms in total. The summed E-state index contributed by atoms with van der Waals surface area (Å²) in [6.45, 7) is 16.6. The van der Waals surface area contributed by atoms with Crippen molar-refractivity contribution < 1.29 is 23.8 Å². The van der Waals surface area contributed by atoms with Crippen molar-refractivity contribution in [3.63, 3.8) is 0 Å². The minimum atomic E-state index is -2.00. The van der Waals surface area contributed by atoms with Crippen molar-refractivity contribution in [1.82, 2.24) is 0 Å². The van der Waals surface area contributed by atoms with E-state index < -0.39 is 26.0 Å². The Morgan fingerprint density at radius 1 is 1.15 bits per heavy atom. The number of hydrogen-bond donors (Lipinski definition) is 1. The second-order valence-electron chi connectivity index (χ2n) is 11.0. The largest absolute Gasteiger partial charge is 0.481 e. The number of hydrogen-bond acceptors (Lipinski definition) is 4. The van der Waals surface area contributed by atoms with E-state index >= 15 is 0 Å². The van der Waals surface area contributed by atoms with Crippen molar-refractivity contribution in [3.05, 3.63) is 0 Å². The summed E-state index contributed by atoms with van der Waals surface area (Å²) in [5.74, 6) is -1.35. The van der Waals surface area contributed by atoms with E-state index in [-0.39, 0.29) is 22.5 Å². The van der Waals surface area contributed by atoms with E-state index in [1.54, 1.807) is 0 Å². The van der Waals surface area contributed by atoms with Crippen molar-refractivity contribution in [2.75, 3.05) is 13.2 Å². The van der Waals surface area contributed by atoms with Gasteiger partial charge in [0.25, 0.3) is 0 Å². The average molecular weight is 385 g/mol. The molecule has 1 aliphatic heterocycles. The molecule has 4 atom stereocenters. The Morgan fingerprint density at radius 2 is 1.73 bits per heavy atom. The van der Waals surface area contributed by atoms with E-state index in [9.17, 15) is 9.90 Å². The topological polar surface area (TPSA) is 65.0 Å². The van der Waals surface area contributed by atoms with Gasteiger partial charge in [-0.25, -0.2) is 0 Å². The van der Waals surface area contributed by atoms with Gasteiger partial charge < -0.3 is 19.0 Å². The fourth-order valence-corrected chi connectivity index (χ4v) is 5.90. The molecule has 3 aliphatic rings. The highest BCUT2D eigenvalue weighted by Crippen LogP contribution is 2.56. The summed E-state index contributed by atoms with van der Waals surface area (Å²) < 4.78 is 18.9. The van der Waals surface area contributed by atoms with Crippen LogP contribution in [0.25, 0.3) is 0 Å². The zero-order valence-electron chi connectivity index (χ0n) is 17.4. The standard InChI is InChI=1S/C20H36O5Si/c1-18(2,3)26(6,7)25-15-8-13-9-20(10-14(13)16(15)17(21)22)23-11-19(4,5)12-24-20/h13-16H,8-12H2,1-7H3,(H,21,22)/t13-,14+,15-,16-/m1/s1. The SMILES string of the molecule is CC1(C)COC2(C[C@H]3C[C@@H](O[Si](C)(C)C(C)(C)C)[C@H](C(=O)O)[C@H]3C2)OC1. The number of carboxylic acids is 1. The van der Waals surface area contributed by atoms with E-state index in [0.717, 1.165) is 12.8 Å². The van der Waals surface area contributed by atoms with E-state index in [1.165, 1.54) is 0 Å². The molecule has 0 bridgehead atoms. The van der Waals surface area contributed by atoms with Crippen LogP contribution in [-0.4, -0.2) is 44.5 Å². The van der Waals surface area contributed by atoms with Gasteiger partial charge in [0.2, 0.25) is 0 Å². The Labute approximate surface area is 158 Å². The summed E-state index contributed by atoms with van der Waals surface area (Å²) >= 11 is 0. The zero-order chi connectivity index (χ0) is 19.5. The highest BCUT2D eigenvalue weighted by atomic mass is 28.4. The fraction of sp³-hybridized carbons (Fsp3) is 0.950. The van der Waals surface area contributed by atoms with Crippen LogP contribution in [0.2, 0.25) is 18.1 Å². The first-order valence-electron chi connectivity index (χ1n) is 9.94. The van der Waals surface area contributed by atoms with Gasteiger partial charge in [-0.15, -0.1) is 0 Å². The minimum Gasteiger partial charge on any atom is -0.481 e. The maximum atomic E-state index is 12.1. The highest BCUT2D eigenvalue weighted by Gasteiger charge is 2.60. The van der Waals surface area contributed by atoms with Crippen molar-refractivity contribution in [2.45, 2.75) is 83.9 Å². The molecule has 2 saturated carbocycles. The molecular formula is C20H36O5Si. The van der Waals surface area contributed by atoms with Crippen LogP contribution < -0.4 is 0 Å². The Bertz CT molecular complexity index is 555. The lowest BCUT2D eigenvalue weighted by molar-refractivity contribution is -0.298. The molecule has 3 rings (SSSR count). The van der Waals surface area contributed by atoms with Gasteiger partial charge in [-0.1, -0.05) is 34.6 Å². The highest BCUT2D eigenvalue weighted by molar-refractivity contribution is 6.74. The third-order valence-electron chi connectivity index (χ3n) is 7.11. The summed E-state index contributed by atoms with van der Waals surface area (Å²) in [5.41, 5.74) is 0.0309. The molecule has 3 fully saturated rings. The first-order chi connectivity index (χ1) is 11.8. The summed E-state index contributed by atoms with van der Waals surface area (Å²) in [6, 6.07) is 0. The third-order valence-corrected chi connectivity index (χ3v) is 11.6. The van der Waals surface area contributed by atoms with Gasteiger partial charge >= 0.3 is 5.97 Å². The van der Waals surface area contributed by atoms with Crippen LogP contribution in [0.15, 0.2) is 0 Å². The maximum Gasteiger partial charge on any atom is 0.309 e. The quantitative estimate of drug-likeness (QED) is 0.736. The number of fused-ring (bicyclic) bond motifs is 1. The summed E-state index contributed by atoms with van der Waals surface area (Å²) in [7, 11) is -2.00. The Balaban J connectivity index is 1.73. The minimum absolute atomic E-state index is 0.0309. The predicted molar refractivity (Wildman–Crippen MR) is 102 cm³/mol. The molecule has 1 N–H and O–H groups in total. The lowest BCUT2D eigenvalue weighted by atomic mass is 9.90. The van der Waals surface area contributed by atoms with Crippen LogP contribution in [0.4, 0.5) is 0 Å². The van der Waals surface area contributed by atoms with Crippen molar-refractivity contribution in [2.24, 2.45) is 23.2 Å². The van der Waals surface area contributed by atoms with Crippen molar-refractivity contribution in [3.8, 4) is 0 Å². The monoisotopic (exact) mass is 384 g/mol. The first kappa shape index (κ1) is 20.3. The predicted octanol–water partition coefficient (Wildman–Crippen LogP) is 4.28. The number of rotatable bonds is 3. The Morgan fingerprint density at radius 3 is 2.23 bits per heavy atom. The number of aliphatic carboxylic acids is 1. The molecule has 0 aromatic rings. The summed E-state index contributed by atoms with van der Waals surface area (Å²) in [6.07, 6.45) is 2.11. The number of ether oxygens (including phenoxy) is 2. The van der Waals surface area contributed by atoms with Gasteiger partial charge in [-0.05, 0) is 36.4 Å². The van der Waals surface area contributed by atoms with E-state index in [4.69, 9.17) is 13.9 Å². The Hall–Kier alpha value is -0.433. The lowest BCUT2D eigenvalue weighted by Crippen LogP contribution is -2.48. The molecule has 0 unspecified atom stereocenters. The van der Waals surface area contributed by atoms with Gasteiger partial charge in [-0.2, -0.15) is 0 Å². The Kier molecular flexibility index (Phi) is 4.91. The molecule has 6 heteroatoms. The first-order valence-corrected chi connectivity index (χ1v) is 12.8. The van der Waals surface area contributed by atoms with Gasteiger partial charge in [0.15, 0.2) is 14.1 Å². The lowest BCUT2D eigenvalue weighted by Gasteiger charge is -2.43. The second kappa shape index (κ2) is 6.29. The van der Waals surface area contributed by atoms with Gasteiger partial charge in [-0.3, -0.25) is 4.79 Å². The molecule has 26 heavy (non-hydrogen) atoms. The van der Waals surface area contributed by atoms with Gasteiger partial charge in [0, 0.05) is 18.3 Å². The molecular weight excluding hydrogens is 348 g/mol. The summed E-state index contributed by atoms with van der Waals surface area (Å²) in [5, 5.41) is 10.0. The molecule has 0 radical (unpaired) electrons. The van der Waals surface area contributed by atoms with Crippen LogP contribution in [0.1, 0.15) is 53.9 Å². The van der Waals surface area contributed by atoms with Crippen LogP contribution in [0.5, 0.6) is 0 Å². The third kappa shape index (κ3) is 3.62. The van der Waals surface area contributed by atoms with Gasteiger partial charge in [0.05, 0.1) is 25.2 Å². The van der Waals surface area contributed by atoms with E-state index in [2.05, 4.69) is 47.7 Å². The molecule has 1 heterocycles. The van der Waals surface area contributed by atoms with Crippen molar-refractivity contribution >= 4 is 14.3 Å². The second-order valence-corrected chi connectivity index (χ2v) is 15.8. The number of carboxylic acid groups (broad SMARTS) is 1. The van der Waals surface area contributed by atoms with Crippen LogP contribution in [0, 0.1) is 23.2 Å². The normalized spacial score (nSPS) is 36.3. The van der Waals surface area contributed by atoms with Crippen LogP contribution in [-0.2, 0) is 18.7 Å². The molecule has 0 aromatic heterocycles. The zero-order valence-corrected chi connectivity index (χ0v) is 18.4. The molecule has 0 amide bonds. The molecule has 0 aromatic carbocycles. The smallest absolute Gasteiger partial charge is 0.309 e. The average Bonchev–Trinajstić information content (AvgIpc) is 2.94. The number of carbonyl (C=O) groups is 1. The van der Waals surface area contributed by atoms with Gasteiger partial charge in [0.1, 0.15) is 0 Å². The summed E-state index contributed by atoms with van der Waals surface area (Å²) in [4.78, 5) is 12.1. The molecule has 1 saturated heterocycles. The molecule has 150 valence electrons. The van der Waals surface area contributed by atoms with Crippen LogP contribution >= 0.6 is 0 Å². The van der Waals surface area contributed by atoms with Crippen molar-refractivity contribution in [1.29, 1.82) is 0 Å². The maximum absolute atomic E-state index is 12.1.